The Morgan fingerprint density at radius 1 is 0.826 bits per heavy atom. The average Bonchev–Trinajstić information content (AvgIpc) is 3.53. The highest BCUT2D eigenvalue weighted by molar-refractivity contribution is 8.03. The monoisotopic (exact) mass is 616 g/mol. The molecule has 226 valence electrons. The fourth-order valence-corrected chi connectivity index (χ4v) is 9.15. The second-order valence-electron chi connectivity index (χ2n) is 13.3. The predicted octanol–water partition coefficient (Wildman–Crippen LogP) is 9.82. The molecule has 0 spiro atoms. The molecule has 2 aliphatic carbocycles. The Morgan fingerprint density at radius 2 is 1.57 bits per heavy atom. The second-order valence-corrected chi connectivity index (χ2v) is 14.4. The van der Waals surface area contributed by atoms with Crippen LogP contribution in [0.3, 0.4) is 0 Å². The fourth-order valence-electron chi connectivity index (χ4n) is 7.87. The Kier molecular flexibility index (Phi) is 6.31. The first kappa shape index (κ1) is 27.7. The van der Waals surface area contributed by atoms with Crippen molar-refractivity contribution in [3.8, 4) is 11.1 Å². The standard InChI is InChI=1S/C41H36N4S/c1-41(2)25-24-34-37(41)30-22-23-32-36(35(30)29-19-11-13-21-33(29)46-34)28-18-10-12-20-31(28)45(32)40-42-38(26-14-6-4-7-15-26)44(3)39(43-40)27-16-8-5-9-17-27/h4-11,13-19,21-25,38-39H,12,20H2,1-3H3,(H,42,43). The van der Waals surface area contributed by atoms with E-state index in [0.29, 0.717) is 0 Å². The van der Waals surface area contributed by atoms with E-state index in [1.54, 1.807) is 0 Å². The largest absolute Gasteiger partial charge is 0.336 e. The summed E-state index contributed by atoms with van der Waals surface area (Å²) in [6, 6.07) is 35.2. The Labute approximate surface area is 274 Å². The molecule has 3 heterocycles. The number of aliphatic imine (C=N–C) groups is 1. The van der Waals surface area contributed by atoms with Crippen LogP contribution in [-0.4, -0.2) is 22.5 Å². The summed E-state index contributed by atoms with van der Waals surface area (Å²) < 4.78 is 2.45. The molecule has 4 aliphatic rings. The van der Waals surface area contributed by atoms with Crippen molar-refractivity contribution >= 4 is 40.3 Å². The van der Waals surface area contributed by atoms with Crippen LogP contribution in [0.4, 0.5) is 0 Å². The normalized spacial score (nSPS) is 21.2. The zero-order chi connectivity index (χ0) is 31.0. The molecule has 2 aliphatic heterocycles. The van der Waals surface area contributed by atoms with Crippen molar-refractivity contribution in [1.82, 2.24) is 14.8 Å². The molecule has 0 saturated heterocycles. The van der Waals surface area contributed by atoms with Crippen molar-refractivity contribution in [3.63, 3.8) is 0 Å². The highest BCUT2D eigenvalue weighted by Crippen LogP contribution is 2.56. The van der Waals surface area contributed by atoms with Crippen molar-refractivity contribution in [3.05, 3.63) is 148 Å². The smallest absolute Gasteiger partial charge is 0.206 e. The third-order valence-electron chi connectivity index (χ3n) is 10.0. The summed E-state index contributed by atoms with van der Waals surface area (Å²) in [5.41, 5.74) is 11.6. The van der Waals surface area contributed by atoms with E-state index in [9.17, 15) is 0 Å². The van der Waals surface area contributed by atoms with E-state index in [0.717, 1.165) is 18.8 Å². The van der Waals surface area contributed by atoms with Crippen LogP contribution >= 0.6 is 11.8 Å². The maximum absolute atomic E-state index is 5.51. The van der Waals surface area contributed by atoms with Gasteiger partial charge in [0.2, 0.25) is 5.96 Å². The van der Waals surface area contributed by atoms with Crippen molar-refractivity contribution in [1.29, 1.82) is 0 Å². The summed E-state index contributed by atoms with van der Waals surface area (Å²) >= 11 is 1.91. The molecule has 46 heavy (non-hydrogen) atoms. The van der Waals surface area contributed by atoms with Gasteiger partial charge < -0.3 is 5.32 Å². The van der Waals surface area contributed by atoms with Crippen molar-refractivity contribution in [2.45, 2.75) is 43.9 Å². The number of hydrogen-bond acceptors (Lipinski definition) is 4. The number of nitrogens with zero attached hydrogens (tertiary/aromatic N) is 3. The molecule has 0 fully saturated rings. The first-order valence-electron chi connectivity index (χ1n) is 16.2. The van der Waals surface area contributed by atoms with Crippen molar-refractivity contribution < 1.29 is 0 Å². The molecule has 2 atom stereocenters. The van der Waals surface area contributed by atoms with E-state index in [1.165, 1.54) is 65.4 Å². The molecule has 5 heteroatoms. The average molecular weight is 617 g/mol. The molecule has 1 aromatic heterocycles. The van der Waals surface area contributed by atoms with Gasteiger partial charge in [0.1, 0.15) is 12.3 Å². The minimum Gasteiger partial charge on any atom is -0.336 e. The highest BCUT2D eigenvalue weighted by atomic mass is 32.2. The first-order valence-corrected chi connectivity index (χ1v) is 17.1. The predicted molar refractivity (Wildman–Crippen MR) is 193 cm³/mol. The van der Waals surface area contributed by atoms with Gasteiger partial charge in [-0.2, -0.15) is 0 Å². The van der Waals surface area contributed by atoms with Crippen LogP contribution in [0, 0.1) is 5.41 Å². The summed E-state index contributed by atoms with van der Waals surface area (Å²) in [7, 11) is 2.17. The number of benzene rings is 4. The van der Waals surface area contributed by atoms with Crippen LogP contribution in [0.5, 0.6) is 0 Å². The minimum atomic E-state index is -0.133. The molecular formula is C41H36N4S. The van der Waals surface area contributed by atoms with Gasteiger partial charge in [0.25, 0.3) is 0 Å². The topological polar surface area (TPSA) is 32.6 Å². The van der Waals surface area contributed by atoms with E-state index in [1.807, 2.05) is 11.8 Å². The van der Waals surface area contributed by atoms with Crippen molar-refractivity contribution in [2.24, 2.45) is 10.4 Å². The van der Waals surface area contributed by atoms with Crippen molar-refractivity contribution in [2.75, 3.05) is 7.05 Å². The molecule has 0 radical (unpaired) electrons. The number of nitrogens with one attached hydrogen (secondary N) is 1. The van der Waals surface area contributed by atoms with Gasteiger partial charge in [-0.15, -0.1) is 0 Å². The van der Waals surface area contributed by atoms with Gasteiger partial charge in [0.05, 0.1) is 5.52 Å². The summed E-state index contributed by atoms with van der Waals surface area (Å²) in [6.07, 6.45) is 11.2. The summed E-state index contributed by atoms with van der Waals surface area (Å²) in [4.78, 5) is 10.5. The zero-order valence-electron chi connectivity index (χ0n) is 26.4. The number of thioether (sulfide) groups is 1. The number of hydrogen-bond donors (Lipinski definition) is 1. The summed E-state index contributed by atoms with van der Waals surface area (Å²) in [5, 5.41) is 5.24. The summed E-state index contributed by atoms with van der Waals surface area (Å²) in [5.74, 6) is 0.904. The first-order chi connectivity index (χ1) is 22.5. The molecule has 5 aromatic rings. The summed E-state index contributed by atoms with van der Waals surface area (Å²) in [6.45, 7) is 4.70. The molecule has 0 amide bonds. The maximum Gasteiger partial charge on any atom is 0.206 e. The number of fused-ring (bicyclic) bond motifs is 8. The molecule has 2 unspecified atom stereocenters. The lowest BCUT2D eigenvalue weighted by Gasteiger charge is -2.39. The van der Waals surface area contributed by atoms with Gasteiger partial charge in [0.15, 0.2) is 0 Å². The fraction of sp³-hybridized carbons (Fsp3) is 0.195. The zero-order valence-corrected chi connectivity index (χ0v) is 27.2. The Hall–Kier alpha value is -4.58. The van der Waals surface area contributed by atoms with E-state index in [2.05, 4.69) is 157 Å². The Morgan fingerprint density at radius 3 is 2.37 bits per heavy atom. The minimum absolute atomic E-state index is 0.0397. The second kappa shape index (κ2) is 10.5. The lowest BCUT2D eigenvalue weighted by molar-refractivity contribution is 0.150. The molecule has 1 N–H and O–H groups in total. The van der Waals surface area contributed by atoms with Crippen LogP contribution in [-0.2, 0) is 6.42 Å². The van der Waals surface area contributed by atoms with E-state index < -0.39 is 0 Å². The lowest BCUT2D eigenvalue weighted by atomic mass is 9.79. The Balaban J connectivity index is 1.33. The third-order valence-corrected chi connectivity index (χ3v) is 11.2. The highest BCUT2D eigenvalue weighted by Gasteiger charge is 2.37. The van der Waals surface area contributed by atoms with Crippen LogP contribution in [0.25, 0.3) is 33.7 Å². The molecule has 4 aromatic carbocycles. The van der Waals surface area contributed by atoms with Gasteiger partial charge in [-0.25, -0.2) is 4.99 Å². The van der Waals surface area contributed by atoms with Gasteiger partial charge >= 0.3 is 0 Å². The molecule has 9 rings (SSSR count). The quantitative estimate of drug-likeness (QED) is 0.214. The lowest BCUT2D eigenvalue weighted by Crippen LogP contribution is -2.48. The third kappa shape index (κ3) is 4.15. The van der Waals surface area contributed by atoms with Gasteiger partial charge in [0, 0.05) is 37.4 Å². The Bertz CT molecular complexity index is 2150. The molecular weight excluding hydrogens is 581 g/mol. The molecule has 4 nitrogen and oxygen atoms in total. The van der Waals surface area contributed by atoms with Gasteiger partial charge in [-0.1, -0.05) is 135 Å². The van der Waals surface area contributed by atoms with Crippen LogP contribution in [0.15, 0.2) is 130 Å². The number of aromatic nitrogens is 1. The van der Waals surface area contributed by atoms with E-state index in [-0.39, 0.29) is 17.7 Å². The number of allylic oxidation sites excluding steroid dienone is 4. The van der Waals surface area contributed by atoms with Crippen LogP contribution in [0.2, 0.25) is 0 Å². The molecule has 0 bridgehead atoms. The van der Waals surface area contributed by atoms with Gasteiger partial charge in [-0.05, 0) is 59.8 Å². The maximum atomic E-state index is 5.51. The van der Waals surface area contributed by atoms with Gasteiger partial charge in [-0.3, -0.25) is 9.47 Å². The number of rotatable bonds is 2. The van der Waals surface area contributed by atoms with Crippen LogP contribution < -0.4 is 5.32 Å². The SMILES string of the molecule is CN1C(c2ccccc2)N=C(n2c3c(c4c5c(ccc42)C2=C(C=CC2(C)C)Sc2ccccc2-5)C=CCC3)NC1c1ccccc1. The van der Waals surface area contributed by atoms with Crippen LogP contribution in [0.1, 0.15) is 60.5 Å². The van der Waals surface area contributed by atoms with E-state index >= 15 is 0 Å². The molecule has 0 saturated carbocycles. The van der Waals surface area contributed by atoms with E-state index in [4.69, 9.17) is 4.99 Å².